The second kappa shape index (κ2) is 5.82. The van der Waals surface area contributed by atoms with E-state index in [2.05, 4.69) is 11.7 Å². The summed E-state index contributed by atoms with van der Waals surface area (Å²) in [4.78, 5) is 0. The molecule has 0 radical (unpaired) electrons. The molecule has 0 atom stereocenters. The summed E-state index contributed by atoms with van der Waals surface area (Å²) in [6.45, 7) is 4.05. The number of nitrogens with zero attached hydrogens (tertiary/aromatic N) is 1. The minimum atomic E-state index is 0.532. The monoisotopic (exact) mass is 237 g/mol. The zero-order valence-electron chi connectivity index (χ0n) is 10.1. The summed E-state index contributed by atoms with van der Waals surface area (Å²) in [5.74, 6) is 0. The second-order valence-corrected chi connectivity index (χ2v) is 4.06. The summed E-state index contributed by atoms with van der Waals surface area (Å²) in [6, 6.07) is 19.5. The number of rotatable bonds is 4. The number of benzene rings is 2. The lowest BCUT2D eigenvalue weighted by Gasteiger charge is -2.07. The third-order valence-corrected chi connectivity index (χ3v) is 2.79. The smallest absolute Gasteiger partial charge is 0.0911 e. The van der Waals surface area contributed by atoms with Crippen LogP contribution in [0.4, 0.5) is 0 Å². The fourth-order valence-electron chi connectivity index (χ4n) is 1.80. The molecule has 0 spiro atoms. The van der Waals surface area contributed by atoms with Crippen LogP contribution in [0.25, 0.3) is 5.57 Å². The van der Waals surface area contributed by atoms with Crippen molar-refractivity contribution < 1.29 is 5.21 Å². The van der Waals surface area contributed by atoms with Crippen LogP contribution in [-0.4, -0.2) is 10.9 Å². The van der Waals surface area contributed by atoms with Crippen molar-refractivity contribution >= 4 is 11.3 Å². The van der Waals surface area contributed by atoms with Gasteiger partial charge in [0.2, 0.25) is 0 Å². The molecule has 2 aromatic rings. The lowest BCUT2D eigenvalue weighted by molar-refractivity contribution is 0.318. The van der Waals surface area contributed by atoms with Crippen molar-refractivity contribution in [1.29, 1.82) is 0 Å². The maximum Gasteiger partial charge on any atom is 0.0911 e. The Morgan fingerprint density at radius 1 is 0.889 bits per heavy atom. The third-order valence-electron chi connectivity index (χ3n) is 2.79. The molecule has 0 unspecified atom stereocenters. The van der Waals surface area contributed by atoms with Crippen molar-refractivity contribution in [3.63, 3.8) is 0 Å². The van der Waals surface area contributed by atoms with Crippen LogP contribution in [0.1, 0.15) is 17.5 Å². The first kappa shape index (κ1) is 12.1. The Kier molecular flexibility index (Phi) is 3.92. The van der Waals surface area contributed by atoms with E-state index in [9.17, 15) is 0 Å². The molecule has 0 saturated carbocycles. The number of oxime groups is 1. The van der Waals surface area contributed by atoms with Gasteiger partial charge < -0.3 is 5.21 Å². The highest BCUT2D eigenvalue weighted by atomic mass is 16.4. The molecule has 2 nitrogen and oxygen atoms in total. The largest absolute Gasteiger partial charge is 0.411 e. The topological polar surface area (TPSA) is 32.6 Å². The number of hydrogen-bond acceptors (Lipinski definition) is 2. The van der Waals surface area contributed by atoms with Crippen LogP contribution in [0, 0.1) is 0 Å². The third kappa shape index (κ3) is 2.86. The molecular formula is C16H15NO. The van der Waals surface area contributed by atoms with Crippen LogP contribution >= 0.6 is 0 Å². The molecule has 2 heteroatoms. The Balaban J connectivity index is 2.16. The molecule has 2 rings (SSSR count). The summed E-state index contributed by atoms with van der Waals surface area (Å²) in [7, 11) is 0. The van der Waals surface area contributed by atoms with Crippen LogP contribution in [0.3, 0.4) is 0 Å². The molecule has 2 aromatic carbocycles. The molecule has 0 aromatic heterocycles. The zero-order valence-corrected chi connectivity index (χ0v) is 10.1. The predicted octanol–water partition coefficient (Wildman–Crippen LogP) is 3.97. The van der Waals surface area contributed by atoms with E-state index in [4.69, 9.17) is 5.21 Å². The average molecular weight is 237 g/mol. The average Bonchev–Trinajstić information content (AvgIpc) is 2.46. The lowest BCUT2D eigenvalue weighted by Crippen LogP contribution is -2.02. The van der Waals surface area contributed by atoms with Gasteiger partial charge in [0, 0.05) is 6.42 Å². The Labute approximate surface area is 107 Å². The SMILES string of the molecule is C=C(C/C(=N/O)c1ccccc1)c1ccccc1. The van der Waals surface area contributed by atoms with Crippen LogP contribution in [-0.2, 0) is 0 Å². The standard InChI is InChI=1S/C16H15NO/c1-13(14-8-4-2-5-9-14)12-16(17-18)15-10-6-3-7-11-15/h2-11,18H,1,12H2/b17-16-. The Morgan fingerprint density at radius 3 is 1.89 bits per heavy atom. The molecule has 0 heterocycles. The fourth-order valence-corrected chi connectivity index (χ4v) is 1.80. The number of hydrogen-bond donors (Lipinski definition) is 1. The van der Waals surface area contributed by atoms with E-state index >= 15 is 0 Å². The van der Waals surface area contributed by atoms with Gasteiger partial charge in [0.1, 0.15) is 0 Å². The quantitative estimate of drug-likeness (QED) is 0.487. The van der Waals surface area contributed by atoms with Gasteiger partial charge in [-0.15, -0.1) is 0 Å². The van der Waals surface area contributed by atoms with Crippen molar-refractivity contribution in [2.75, 3.05) is 0 Å². The summed E-state index contributed by atoms with van der Waals surface area (Å²) >= 11 is 0. The van der Waals surface area contributed by atoms with Gasteiger partial charge in [-0.05, 0) is 16.7 Å². The number of allylic oxidation sites excluding steroid dienone is 1. The molecule has 1 N–H and O–H groups in total. The normalized spacial score (nSPS) is 11.2. The van der Waals surface area contributed by atoms with Gasteiger partial charge in [0.05, 0.1) is 5.71 Å². The highest BCUT2D eigenvalue weighted by Gasteiger charge is 2.07. The summed E-state index contributed by atoms with van der Waals surface area (Å²) in [5, 5.41) is 12.5. The van der Waals surface area contributed by atoms with Crippen LogP contribution < -0.4 is 0 Å². The molecule has 0 amide bonds. The van der Waals surface area contributed by atoms with Gasteiger partial charge in [0.25, 0.3) is 0 Å². The zero-order chi connectivity index (χ0) is 12.8. The molecule has 0 saturated heterocycles. The minimum absolute atomic E-state index is 0.532. The summed E-state index contributed by atoms with van der Waals surface area (Å²) < 4.78 is 0. The van der Waals surface area contributed by atoms with E-state index in [-0.39, 0.29) is 0 Å². The second-order valence-electron chi connectivity index (χ2n) is 4.06. The van der Waals surface area contributed by atoms with E-state index in [0.717, 1.165) is 16.7 Å². The highest BCUT2D eigenvalue weighted by molar-refractivity contribution is 6.05. The lowest BCUT2D eigenvalue weighted by atomic mass is 9.98. The summed E-state index contributed by atoms with van der Waals surface area (Å²) in [6.07, 6.45) is 0.532. The van der Waals surface area contributed by atoms with Gasteiger partial charge >= 0.3 is 0 Å². The van der Waals surface area contributed by atoms with Gasteiger partial charge in [-0.2, -0.15) is 0 Å². The molecular weight excluding hydrogens is 222 g/mol. The van der Waals surface area contributed by atoms with Gasteiger partial charge in [-0.3, -0.25) is 0 Å². The van der Waals surface area contributed by atoms with E-state index < -0.39 is 0 Å². The van der Waals surface area contributed by atoms with E-state index in [1.54, 1.807) is 0 Å². The molecule has 0 bridgehead atoms. The summed E-state index contributed by atoms with van der Waals surface area (Å²) in [5.41, 5.74) is 3.54. The molecule has 90 valence electrons. The Hall–Kier alpha value is -2.35. The first-order valence-corrected chi connectivity index (χ1v) is 5.81. The van der Waals surface area contributed by atoms with E-state index in [0.29, 0.717) is 12.1 Å². The predicted molar refractivity (Wildman–Crippen MR) is 74.9 cm³/mol. The molecule has 0 aliphatic heterocycles. The highest BCUT2D eigenvalue weighted by Crippen LogP contribution is 2.18. The first-order valence-electron chi connectivity index (χ1n) is 5.81. The van der Waals surface area contributed by atoms with Crippen LogP contribution in [0.15, 0.2) is 72.4 Å². The fraction of sp³-hybridized carbons (Fsp3) is 0.0625. The van der Waals surface area contributed by atoms with Crippen molar-refractivity contribution in [3.05, 3.63) is 78.4 Å². The first-order chi connectivity index (χ1) is 8.81. The van der Waals surface area contributed by atoms with Crippen molar-refractivity contribution in [3.8, 4) is 0 Å². The van der Waals surface area contributed by atoms with Crippen LogP contribution in [0.5, 0.6) is 0 Å². The Morgan fingerprint density at radius 2 is 1.39 bits per heavy atom. The Bertz CT molecular complexity index is 544. The van der Waals surface area contributed by atoms with Crippen molar-refractivity contribution in [2.24, 2.45) is 5.16 Å². The van der Waals surface area contributed by atoms with Gasteiger partial charge in [-0.1, -0.05) is 72.4 Å². The molecule has 0 fully saturated rings. The van der Waals surface area contributed by atoms with Crippen LogP contribution in [0.2, 0.25) is 0 Å². The van der Waals surface area contributed by atoms with E-state index in [1.807, 2.05) is 60.7 Å². The molecule has 0 aliphatic carbocycles. The van der Waals surface area contributed by atoms with Crippen molar-refractivity contribution in [1.82, 2.24) is 0 Å². The molecule has 18 heavy (non-hydrogen) atoms. The minimum Gasteiger partial charge on any atom is -0.411 e. The molecule has 0 aliphatic rings. The maximum absolute atomic E-state index is 9.12. The van der Waals surface area contributed by atoms with Gasteiger partial charge in [-0.25, -0.2) is 0 Å². The van der Waals surface area contributed by atoms with E-state index in [1.165, 1.54) is 0 Å². The maximum atomic E-state index is 9.12. The van der Waals surface area contributed by atoms with Gasteiger partial charge in [0.15, 0.2) is 0 Å². The van der Waals surface area contributed by atoms with Crippen molar-refractivity contribution in [2.45, 2.75) is 6.42 Å².